The molecule has 0 aliphatic heterocycles. The fourth-order valence-electron chi connectivity index (χ4n) is 0.769. The summed E-state index contributed by atoms with van der Waals surface area (Å²) in [4.78, 5) is 10.3. The average molecular weight is 298 g/mol. The van der Waals surface area contributed by atoms with Crippen molar-refractivity contribution >= 4 is 37.8 Å². The van der Waals surface area contributed by atoms with Crippen molar-refractivity contribution in [1.29, 1.82) is 0 Å². The first-order valence-electron chi connectivity index (χ1n) is 3.21. The van der Waals surface area contributed by atoms with Gasteiger partial charge in [0.2, 0.25) is 0 Å². The van der Waals surface area contributed by atoms with E-state index in [1.165, 1.54) is 0 Å². The maximum atomic E-state index is 10.3. The van der Waals surface area contributed by atoms with E-state index >= 15 is 0 Å². The van der Waals surface area contributed by atoms with Crippen LogP contribution in [0.3, 0.4) is 0 Å². The molecule has 1 heterocycles. The summed E-state index contributed by atoms with van der Waals surface area (Å²) in [6.07, 6.45) is 0.573. The first kappa shape index (κ1) is 9.73. The molecule has 1 rings (SSSR count). The Balaban J connectivity index is 2.68. The average Bonchev–Trinajstić information content (AvgIpc) is 2.28. The molecular weight excluding hydrogens is 292 g/mol. The lowest BCUT2D eigenvalue weighted by atomic mass is 10.2. The van der Waals surface area contributed by atoms with Crippen molar-refractivity contribution in [3.63, 3.8) is 0 Å². The zero-order valence-corrected chi connectivity index (χ0v) is 9.14. The summed E-state index contributed by atoms with van der Waals surface area (Å²) in [5, 5.41) is 15.0. The Morgan fingerprint density at radius 2 is 2.25 bits per heavy atom. The van der Waals surface area contributed by atoms with E-state index in [1.54, 1.807) is 0 Å². The van der Waals surface area contributed by atoms with Gasteiger partial charge >= 0.3 is 5.97 Å². The van der Waals surface area contributed by atoms with Crippen molar-refractivity contribution in [1.82, 2.24) is 10.2 Å². The Labute approximate surface area is 85.6 Å². The van der Waals surface area contributed by atoms with Crippen molar-refractivity contribution in [2.75, 3.05) is 0 Å². The number of aromatic nitrogens is 2. The highest BCUT2D eigenvalue weighted by molar-refractivity contribution is 9.11. The highest BCUT2D eigenvalue weighted by atomic mass is 79.9. The second kappa shape index (κ2) is 4.04. The summed E-state index contributed by atoms with van der Waals surface area (Å²) < 4.78 is 1.39. The molecule has 4 nitrogen and oxygen atoms in total. The fourth-order valence-corrected chi connectivity index (χ4v) is 1.99. The molecule has 6 heteroatoms. The molecule has 2 N–H and O–H groups in total. The van der Waals surface area contributed by atoms with Crippen LogP contribution in [0.5, 0.6) is 0 Å². The summed E-state index contributed by atoms with van der Waals surface area (Å²) >= 11 is 6.43. The van der Waals surface area contributed by atoms with Gasteiger partial charge in [0, 0.05) is 12.0 Å². The predicted molar refractivity (Wildman–Crippen MR) is 49.9 cm³/mol. The Morgan fingerprint density at radius 3 is 2.67 bits per heavy atom. The predicted octanol–water partition coefficient (Wildman–Crippen LogP) is 1.95. The maximum absolute atomic E-state index is 10.3. The van der Waals surface area contributed by atoms with E-state index < -0.39 is 5.97 Å². The van der Waals surface area contributed by atoms with Crippen LogP contribution >= 0.6 is 31.9 Å². The molecule has 0 bridgehead atoms. The minimum absolute atomic E-state index is 0.108. The number of H-pyrrole nitrogens is 1. The molecule has 0 aliphatic carbocycles. The smallest absolute Gasteiger partial charge is 0.303 e. The zero-order valence-electron chi connectivity index (χ0n) is 5.97. The number of carbonyl (C=O) groups is 1. The number of hydrogen-bond donors (Lipinski definition) is 2. The van der Waals surface area contributed by atoms with E-state index in [4.69, 9.17) is 5.11 Å². The number of aromatic amines is 1. The van der Waals surface area contributed by atoms with Crippen molar-refractivity contribution in [2.45, 2.75) is 12.8 Å². The molecule has 0 amide bonds. The monoisotopic (exact) mass is 296 g/mol. The molecule has 0 aromatic carbocycles. The molecule has 1 aromatic heterocycles. The minimum atomic E-state index is -0.810. The van der Waals surface area contributed by atoms with Crippen LogP contribution in [0.15, 0.2) is 9.21 Å². The Kier molecular flexibility index (Phi) is 3.28. The molecule has 12 heavy (non-hydrogen) atoms. The molecule has 0 atom stereocenters. The number of nitrogens with zero attached hydrogens (tertiary/aromatic N) is 1. The highest BCUT2D eigenvalue weighted by Gasteiger charge is 2.09. The molecule has 0 fully saturated rings. The Bertz CT molecular complexity index is 278. The Hall–Kier alpha value is -0.360. The molecular formula is C6H6Br2N2O2. The van der Waals surface area contributed by atoms with Gasteiger partial charge in [-0.2, -0.15) is 5.10 Å². The van der Waals surface area contributed by atoms with Gasteiger partial charge in [-0.3, -0.25) is 9.89 Å². The molecule has 0 saturated heterocycles. The first-order chi connectivity index (χ1) is 5.61. The van der Waals surface area contributed by atoms with Gasteiger partial charge in [-0.1, -0.05) is 0 Å². The van der Waals surface area contributed by atoms with Crippen molar-refractivity contribution < 1.29 is 9.90 Å². The molecule has 0 radical (unpaired) electrons. The van der Waals surface area contributed by atoms with E-state index in [2.05, 4.69) is 42.1 Å². The lowest BCUT2D eigenvalue weighted by Gasteiger charge is -1.94. The number of carboxylic acid groups (broad SMARTS) is 1. The summed E-state index contributed by atoms with van der Waals surface area (Å²) in [5.41, 5.74) is 0.859. The maximum Gasteiger partial charge on any atom is 0.303 e. The van der Waals surface area contributed by atoms with Gasteiger partial charge in [-0.05, 0) is 38.3 Å². The quantitative estimate of drug-likeness (QED) is 0.896. The van der Waals surface area contributed by atoms with Crippen LogP contribution in [0, 0.1) is 0 Å². The summed E-state index contributed by atoms with van der Waals surface area (Å²) in [7, 11) is 0. The van der Waals surface area contributed by atoms with Gasteiger partial charge in [-0.25, -0.2) is 0 Å². The first-order valence-corrected chi connectivity index (χ1v) is 4.80. The summed E-state index contributed by atoms with van der Waals surface area (Å²) in [5.74, 6) is -0.810. The van der Waals surface area contributed by atoms with Gasteiger partial charge in [0.1, 0.15) is 9.21 Å². The third-order valence-corrected chi connectivity index (χ3v) is 2.67. The van der Waals surface area contributed by atoms with Crippen LogP contribution in [0.25, 0.3) is 0 Å². The fraction of sp³-hybridized carbons (Fsp3) is 0.333. The van der Waals surface area contributed by atoms with Gasteiger partial charge in [0.25, 0.3) is 0 Å². The van der Waals surface area contributed by atoms with E-state index in [-0.39, 0.29) is 6.42 Å². The van der Waals surface area contributed by atoms with Gasteiger partial charge in [0.15, 0.2) is 0 Å². The number of rotatable bonds is 3. The third-order valence-electron chi connectivity index (χ3n) is 1.36. The molecule has 66 valence electrons. The lowest BCUT2D eigenvalue weighted by Crippen LogP contribution is -1.97. The second-order valence-electron chi connectivity index (χ2n) is 2.20. The molecule has 0 unspecified atom stereocenters. The van der Waals surface area contributed by atoms with Crippen molar-refractivity contribution in [2.24, 2.45) is 0 Å². The van der Waals surface area contributed by atoms with Crippen LogP contribution in [0.1, 0.15) is 12.0 Å². The second-order valence-corrected chi connectivity index (χ2v) is 3.74. The van der Waals surface area contributed by atoms with E-state index in [9.17, 15) is 4.79 Å². The van der Waals surface area contributed by atoms with Crippen LogP contribution in [0.2, 0.25) is 0 Å². The van der Waals surface area contributed by atoms with Gasteiger partial charge in [0.05, 0.1) is 0 Å². The number of nitrogens with one attached hydrogen (secondary N) is 1. The van der Waals surface area contributed by atoms with E-state index in [1.807, 2.05) is 0 Å². The zero-order chi connectivity index (χ0) is 9.14. The van der Waals surface area contributed by atoms with Crippen molar-refractivity contribution in [3.05, 3.63) is 14.8 Å². The summed E-state index contributed by atoms with van der Waals surface area (Å²) in [6.45, 7) is 0. The molecule has 0 saturated carbocycles. The molecule has 0 spiro atoms. The van der Waals surface area contributed by atoms with Crippen LogP contribution < -0.4 is 0 Å². The topological polar surface area (TPSA) is 66.0 Å². The molecule has 0 aliphatic rings. The molecule has 1 aromatic rings. The standard InChI is InChI=1S/C6H6Br2N2O2/c7-5-3(1-2-4(11)12)6(8)10-9-5/h1-2H2,(H,9,10)(H,11,12). The number of hydrogen-bond acceptors (Lipinski definition) is 2. The largest absolute Gasteiger partial charge is 0.481 e. The van der Waals surface area contributed by atoms with Crippen molar-refractivity contribution in [3.8, 4) is 0 Å². The lowest BCUT2D eigenvalue weighted by molar-refractivity contribution is -0.136. The van der Waals surface area contributed by atoms with Crippen LogP contribution in [-0.4, -0.2) is 21.3 Å². The SMILES string of the molecule is O=C(O)CCc1c(Br)n[nH]c1Br. The third kappa shape index (κ3) is 2.31. The van der Waals surface area contributed by atoms with Gasteiger partial charge < -0.3 is 5.11 Å². The number of aliphatic carboxylic acids is 1. The number of carboxylic acids is 1. The highest BCUT2D eigenvalue weighted by Crippen LogP contribution is 2.23. The number of halogens is 2. The Morgan fingerprint density at radius 1 is 1.58 bits per heavy atom. The van der Waals surface area contributed by atoms with Gasteiger partial charge in [-0.15, -0.1) is 0 Å². The minimum Gasteiger partial charge on any atom is -0.481 e. The van der Waals surface area contributed by atoms with Crippen LogP contribution in [-0.2, 0) is 11.2 Å². The normalized spacial score (nSPS) is 10.2. The summed E-state index contributed by atoms with van der Waals surface area (Å²) in [6, 6.07) is 0. The van der Waals surface area contributed by atoms with E-state index in [0.29, 0.717) is 11.0 Å². The van der Waals surface area contributed by atoms with Crippen LogP contribution in [0.4, 0.5) is 0 Å². The van der Waals surface area contributed by atoms with E-state index in [0.717, 1.165) is 10.2 Å².